The normalized spacial score (nSPS) is 12.5. The van der Waals surface area contributed by atoms with Gasteiger partial charge in [0, 0.05) is 12.4 Å². The molecule has 118 valence electrons. The van der Waals surface area contributed by atoms with Gasteiger partial charge in [-0.3, -0.25) is 9.20 Å². The minimum Gasteiger partial charge on any atom is -0.505 e. The summed E-state index contributed by atoms with van der Waals surface area (Å²) in [7, 11) is 0. The topological polar surface area (TPSA) is 92.4 Å². The van der Waals surface area contributed by atoms with Crippen molar-refractivity contribution in [3.63, 3.8) is 0 Å². The third-order valence-electron chi connectivity index (χ3n) is 3.57. The van der Waals surface area contributed by atoms with E-state index in [-0.39, 0.29) is 23.4 Å². The quantitative estimate of drug-likeness (QED) is 0.768. The fraction of sp³-hybridized carbons (Fsp3) is 0.250. The Morgan fingerprint density at radius 3 is 2.78 bits per heavy atom. The second-order valence-corrected chi connectivity index (χ2v) is 5.55. The zero-order valence-corrected chi connectivity index (χ0v) is 12.8. The molecule has 3 aromatic heterocycles. The highest BCUT2D eigenvalue weighted by molar-refractivity contribution is 5.94. The molecule has 1 atom stereocenters. The molecule has 0 aliphatic heterocycles. The average molecular weight is 311 g/mol. The zero-order chi connectivity index (χ0) is 16.4. The van der Waals surface area contributed by atoms with Crippen LogP contribution < -0.4 is 5.32 Å². The van der Waals surface area contributed by atoms with Crippen molar-refractivity contribution < 1.29 is 9.90 Å². The van der Waals surface area contributed by atoms with E-state index in [1.807, 2.05) is 42.6 Å². The zero-order valence-electron chi connectivity index (χ0n) is 12.8. The first-order valence-corrected chi connectivity index (χ1v) is 7.32. The Hall–Kier alpha value is -2.96. The molecule has 0 spiro atoms. The molecule has 3 heterocycles. The number of nitrogens with one attached hydrogen (secondary N) is 1. The van der Waals surface area contributed by atoms with Crippen LogP contribution in [0.2, 0.25) is 0 Å². The average Bonchev–Trinajstić information content (AvgIpc) is 2.96. The van der Waals surface area contributed by atoms with E-state index in [4.69, 9.17) is 0 Å². The molecule has 3 aromatic rings. The van der Waals surface area contributed by atoms with Crippen molar-refractivity contribution in [1.29, 1.82) is 0 Å². The van der Waals surface area contributed by atoms with Gasteiger partial charge in [-0.15, -0.1) is 10.2 Å². The summed E-state index contributed by atoms with van der Waals surface area (Å²) in [5.74, 6) is 0.116. The maximum atomic E-state index is 12.4. The summed E-state index contributed by atoms with van der Waals surface area (Å²) in [5.41, 5.74) is 0.704. The number of carbonyl (C=O) groups excluding carboxylic acids is 1. The maximum absolute atomic E-state index is 12.4. The number of pyridine rings is 2. The minimum atomic E-state index is -0.450. The molecule has 0 saturated heterocycles. The molecule has 23 heavy (non-hydrogen) atoms. The van der Waals surface area contributed by atoms with Gasteiger partial charge in [-0.05, 0) is 30.2 Å². The summed E-state index contributed by atoms with van der Waals surface area (Å²) in [6.07, 6.45) is 3.32. The number of hydrogen-bond acceptors (Lipinski definition) is 5. The van der Waals surface area contributed by atoms with Gasteiger partial charge in [0.25, 0.3) is 5.91 Å². The van der Waals surface area contributed by atoms with Crippen LogP contribution in [0.25, 0.3) is 5.65 Å². The Kier molecular flexibility index (Phi) is 3.92. The number of amides is 1. The van der Waals surface area contributed by atoms with Gasteiger partial charge in [-0.2, -0.15) is 0 Å². The fourth-order valence-electron chi connectivity index (χ4n) is 2.38. The van der Waals surface area contributed by atoms with E-state index in [0.29, 0.717) is 11.5 Å². The summed E-state index contributed by atoms with van der Waals surface area (Å²) in [4.78, 5) is 16.3. The van der Waals surface area contributed by atoms with Crippen molar-refractivity contribution >= 4 is 11.6 Å². The van der Waals surface area contributed by atoms with E-state index in [2.05, 4.69) is 20.5 Å². The van der Waals surface area contributed by atoms with Crippen LogP contribution in [-0.2, 0) is 0 Å². The molecule has 0 aromatic carbocycles. The number of hydrogen-bond donors (Lipinski definition) is 2. The molecule has 0 unspecified atom stereocenters. The van der Waals surface area contributed by atoms with Gasteiger partial charge in [-0.1, -0.05) is 19.9 Å². The number of aromatic nitrogens is 4. The van der Waals surface area contributed by atoms with E-state index in [0.717, 1.165) is 0 Å². The Morgan fingerprint density at radius 2 is 2.04 bits per heavy atom. The lowest BCUT2D eigenvalue weighted by molar-refractivity contribution is 0.0914. The molecule has 0 saturated carbocycles. The number of carbonyl (C=O) groups is 1. The molecular formula is C16H17N5O2. The van der Waals surface area contributed by atoms with Gasteiger partial charge in [0.2, 0.25) is 0 Å². The Morgan fingerprint density at radius 1 is 1.22 bits per heavy atom. The molecule has 3 rings (SSSR count). The Labute approximate surface area is 133 Å². The second kappa shape index (κ2) is 6.04. The smallest absolute Gasteiger partial charge is 0.274 e. The van der Waals surface area contributed by atoms with Crippen LogP contribution in [0.1, 0.15) is 36.2 Å². The molecule has 0 radical (unpaired) electrons. The molecule has 0 bridgehead atoms. The predicted octanol–water partition coefficient (Wildman–Crippen LogP) is 1.96. The molecular weight excluding hydrogens is 294 g/mol. The molecule has 0 fully saturated rings. The highest BCUT2D eigenvalue weighted by Gasteiger charge is 2.25. The first kappa shape index (κ1) is 15.0. The summed E-state index contributed by atoms with van der Waals surface area (Å²) in [6, 6.07) is 8.24. The molecule has 0 aliphatic carbocycles. The summed E-state index contributed by atoms with van der Waals surface area (Å²) in [6.45, 7) is 3.96. The first-order valence-electron chi connectivity index (χ1n) is 7.32. The number of nitrogens with zero attached hydrogens (tertiary/aromatic N) is 4. The van der Waals surface area contributed by atoms with Gasteiger partial charge in [0.05, 0.1) is 6.04 Å². The third-order valence-corrected chi connectivity index (χ3v) is 3.57. The Bertz CT molecular complexity index is 843. The highest BCUT2D eigenvalue weighted by Crippen LogP contribution is 2.22. The minimum absolute atomic E-state index is 0.00743. The fourth-order valence-corrected chi connectivity index (χ4v) is 2.38. The van der Waals surface area contributed by atoms with Crippen LogP contribution in [-0.4, -0.2) is 30.6 Å². The number of rotatable bonds is 4. The largest absolute Gasteiger partial charge is 0.505 e. The van der Waals surface area contributed by atoms with Crippen molar-refractivity contribution in [1.82, 2.24) is 24.9 Å². The lowest BCUT2D eigenvalue weighted by Gasteiger charge is -2.20. The standard InChI is InChI=1S/C16H17N5O2/c1-10(2)13(15-20-19-12-7-3-4-9-21(12)15)18-16(23)14-11(22)6-5-8-17-14/h3-10,13,22H,1-2H3,(H,18,23)/t13-/m1/s1. The number of fused-ring (bicyclic) bond motifs is 1. The lowest BCUT2D eigenvalue weighted by Crippen LogP contribution is -2.33. The van der Waals surface area contributed by atoms with Gasteiger partial charge >= 0.3 is 0 Å². The number of aromatic hydroxyl groups is 1. The first-order chi connectivity index (χ1) is 11.1. The van der Waals surface area contributed by atoms with Crippen molar-refractivity contribution in [3.8, 4) is 5.75 Å². The summed E-state index contributed by atoms with van der Waals surface area (Å²) < 4.78 is 1.84. The third kappa shape index (κ3) is 2.85. The van der Waals surface area contributed by atoms with Gasteiger partial charge in [-0.25, -0.2) is 4.98 Å². The molecule has 0 aliphatic rings. The molecule has 7 heteroatoms. The van der Waals surface area contributed by atoms with Crippen molar-refractivity contribution in [2.24, 2.45) is 5.92 Å². The molecule has 2 N–H and O–H groups in total. The summed E-state index contributed by atoms with van der Waals surface area (Å²) >= 11 is 0. The second-order valence-electron chi connectivity index (χ2n) is 5.55. The molecule has 1 amide bonds. The SMILES string of the molecule is CC(C)[C@@H](NC(=O)c1ncccc1O)c1nnc2ccccn12. The van der Waals surface area contributed by atoms with Gasteiger partial charge in [0.15, 0.2) is 17.2 Å². The summed E-state index contributed by atoms with van der Waals surface area (Å²) in [5, 5.41) is 21.0. The predicted molar refractivity (Wildman–Crippen MR) is 83.9 cm³/mol. The van der Waals surface area contributed by atoms with Crippen molar-refractivity contribution in [3.05, 3.63) is 54.2 Å². The maximum Gasteiger partial charge on any atom is 0.274 e. The highest BCUT2D eigenvalue weighted by atomic mass is 16.3. The van der Waals surface area contributed by atoms with Crippen molar-refractivity contribution in [2.45, 2.75) is 19.9 Å². The van der Waals surface area contributed by atoms with Gasteiger partial charge in [0.1, 0.15) is 5.75 Å². The van der Waals surface area contributed by atoms with Crippen molar-refractivity contribution in [2.75, 3.05) is 0 Å². The van der Waals surface area contributed by atoms with Crippen LogP contribution in [0.5, 0.6) is 5.75 Å². The van der Waals surface area contributed by atoms with Gasteiger partial charge < -0.3 is 10.4 Å². The van der Waals surface area contributed by atoms with E-state index in [1.165, 1.54) is 12.3 Å². The van der Waals surface area contributed by atoms with E-state index in [9.17, 15) is 9.90 Å². The van der Waals surface area contributed by atoms with Crippen LogP contribution in [0.3, 0.4) is 0 Å². The van der Waals surface area contributed by atoms with Crippen LogP contribution in [0.4, 0.5) is 0 Å². The monoisotopic (exact) mass is 311 g/mol. The van der Waals surface area contributed by atoms with Crippen LogP contribution >= 0.6 is 0 Å². The van der Waals surface area contributed by atoms with Crippen LogP contribution in [0, 0.1) is 5.92 Å². The van der Waals surface area contributed by atoms with E-state index < -0.39 is 5.91 Å². The Balaban J connectivity index is 1.94. The lowest BCUT2D eigenvalue weighted by atomic mass is 10.0. The van der Waals surface area contributed by atoms with Crippen LogP contribution in [0.15, 0.2) is 42.7 Å². The van der Waals surface area contributed by atoms with E-state index >= 15 is 0 Å². The molecule has 7 nitrogen and oxygen atoms in total. The van der Waals surface area contributed by atoms with E-state index in [1.54, 1.807) is 6.07 Å².